The number of rotatable bonds is 7. The minimum absolute atomic E-state index is 0.187. The molecule has 37 heavy (non-hydrogen) atoms. The van der Waals surface area contributed by atoms with E-state index in [0.29, 0.717) is 47.1 Å². The third-order valence-electron chi connectivity index (χ3n) is 6.53. The normalized spacial score (nSPS) is 18.7. The molecule has 1 saturated heterocycles. The fraction of sp³-hybridized carbons (Fsp3) is 0.333. The fourth-order valence-corrected chi connectivity index (χ4v) is 7.42. The van der Waals surface area contributed by atoms with Crippen molar-refractivity contribution in [3.05, 3.63) is 72.2 Å². The monoisotopic (exact) mass is 539 g/mol. The summed E-state index contributed by atoms with van der Waals surface area (Å²) < 4.78 is 39.8. The quantitative estimate of drug-likeness (QED) is 0.312. The van der Waals surface area contributed by atoms with Crippen molar-refractivity contribution in [1.29, 1.82) is 0 Å². The SMILES string of the molecule is COc1ccc2sc(N(Cc3ccco3)C(=O)c3ccc(S(=O)(=O)N4CC(C)CC(C)C4)cc3)nc2c1. The summed E-state index contributed by atoms with van der Waals surface area (Å²) in [7, 11) is -2.04. The topological polar surface area (TPSA) is 92.9 Å². The number of furan rings is 1. The number of thiazole rings is 1. The van der Waals surface area contributed by atoms with Gasteiger partial charge < -0.3 is 9.15 Å². The summed E-state index contributed by atoms with van der Waals surface area (Å²) in [5, 5.41) is 0.512. The molecule has 0 bridgehead atoms. The number of ether oxygens (including phenoxy) is 1. The fourth-order valence-electron chi connectivity index (χ4n) is 4.80. The third kappa shape index (κ3) is 5.27. The summed E-state index contributed by atoms with van der Waals surface area (Å²) in [5.41, 5.74) is 1.09. The molecule has 0 aliphatic carbocycles. The van der Waals surface area contributed by atoms with Crippen LogP contribution in [0.3, 0.4) is 0 Å². The summed E-state index contributed by atoms with van der Waals surface area (Å²) in [6.07, 6.45) is 2.58. The van der Waals surface area contributed by atoms with Gasteiger partial charge in [0.05, 0.1) is 35.0 Å². The number of hydrogen-bond acceptors (Lipinski definition) is 7. The van der Waals surface area contributed by atoms with E-state index in [-0.39, 0.29) is 17.3 Å². The van der Waals surface area contributed by atoms with Crippen LogP contribution >= 0.6 is 11.3 Å². The van der Waals surface area contributed by atoms with Crippen LogP contribution in [-0.2, 0) is 16.6 Å². The number of carbonyl (C=O) groups is 1. The van der Waals surface area contributed by atoms with Gasteiger partial charge in [0.1, 0.15) is 11.5 Å². The van der Waals surface area contributed by atoms with Crippen molar-refractivity contribution in [3.8, 4) is 5.75 Å². The van der Waals surface area contributed by atoms with Crippen LogP contribution in [0, 0.1) is 11.8 Å². The molecule has 4 aromatic rings. The number of methoxy groups -OCH3 is 1. The zero-order chi connectivity index (χ0) is 26.2. The van der Waals surface area contributed by atoms with Crippen LogP contribution in [-0.4, -0.2) is 43.8 Å². The van der Waals surface area contributed by atoms with Crippen molar-refractivity contribution in [2.24, 2.45) is 11.8 Å². The molecule has 2 aromatic heterocycles. The highest BCUT2D eigenvalue weighted by molar-refractivity contribution is 7.89. The molecule has 10 heteroatoms. The van der Waals surface area contributed by atoms with Gasteiger partial charge in [-0.2, -0.15) is 4.31 Å². The van der Waals surface area contributed by atoms with Crippen LogP contribution < -0.4 is 9.64 Å². The van der Waals surface area contributed by atoms with Crippen molar-refractivity contribution >= 4 is 42.6 Å². The highest BCUT2D eigenvalue weighted by Gasteiger charge is 2.32. The van der Waals surface area contributed by atoms with Gasteiger partial charge in [0.2, 0.25) is 10.0 Å². The van der Waals surface area contributed by atoms with Gasteiger partial charge >= 0.3 is 0 Å². The first-order valence-corrected chi connectivity index (χ1v) is 14.4. The zero-order valence-corrected chi connectivity index (χ0v) is 22.6. The van der Waals surface area contributed by atoms with E-state index in [2.05, 4.69) is 18.8 Å². The molecule has 5 rings (SSSR count). The van der Waals surface area contributed by atoms with Gasteiger partial charge in [0.25, 0.3) is 5.91 Å². The van der Waals surface area contributed by atoms with Crippen molar-refractivity contribution in [3.63, 3.8) is 0 Å². The molecule has 194 valence electrons. The third-order valence-corrected chi connectivity index (χ3v) is 9.43. The molecular weight excluding hydrogens is 510 g/mol. The molecule has 2 atom stereocenters. The van der Waals surface area contributed by atoms with Gasteiger partial charge in [-0.05, 0) is 66.8 Å². The van der Waals surface area contributed by atoms with Gasteiger partial charge in [0, 0.05) is 24.7 Å². The molecule has 3 heterocycles. The van der Waals surface area contributed by atoms with Crippen molar-refractivity contribution in [2.45, 2.75) is 31.7 Å². The molecule has 1 aliphatic rings. The second kappa shape index (κ2) is 10.3. The highest BCUT2D eigenvalue weighted by atomic mass is 32.2. The van der Waals surface area contributed by atoms with E-state index in [4.69, 9.17) is 9.15 Å². The Kier molecular flexibility index (Phi) is 7.06. The molecule has 1 fully saturated rings. The molecule has 1 aliphatic heterocycles. The molecule has 2 aromatic carbocycles. The lowest BCUT2D eigenvalue weighted by molar-refractivity contribution is 0.0983. The van der Waals surface area contributed by atoms with Gasteiger partial charge in [0.15, 0.2) is 5.13 Å². The number of aromatic nitrogens is 1. The first-order valence-electron chi connectivity index (χ1n) is 12.1. The van der Waals surface area contributed by atoms with E-state index in [9.17, 15) is 13.2 Å². The number of fused-ring (bicyclic) bond motifs is 1. The lowest BCUT2D eigenvalue weighted by Crippen LogP contribution is -2.42. The largest absolute Gasteiger partial charge is 0.497 e. The Morgan fingerprint density at radius 3 is 2.51 bits per heavy atom. The standard InChI is InChI=1S/C27H29N3O5S2/c1-18-13-19(2)16-29(15-18)37(32,33)23-9-6-20(7-10-23)26(31)30(17-22-5-4-12-35-22)27-28-24-14-21(34-3)8-11-25(24)36-27/h4-12,14,18-19H,13,15-17H2,1-3H3. The van der Waals surface area contributed by atoms with E-state index in [1.54, 1.807) is 46.8 Å². The Morgan fingerprint density at radius 1 is 1.14 bits per heavy atom. The zero-order valence-electron chi connectivity index (χ0n) is 21.0. The first kappa shape index (κ1) is 25.4. The summed E-state index contributed by atoms with van der Waals surface area (Å²) >= 11 is 1.39. The van der Waals surface area contributed by atoms with Gasteiger partial charge in [-0.15, -0.1) is 0 Å². The number of anilines is 1. The van der Waals surface area contributed by atoms with Gasteiger partial charge in [-0.3, -0.25) is 9.69 Å². The van der Waals surface area contributed by atoms with E-state index in [1.807, 2.05) is 18.2 Å². The van der Waals surface area contributed by atoms with E-state index < -0.39 is 10.0 Å². The number of hydrogen-bond donors (Lipinski definition) is 0. The van der Waals surface area contributed by atoms with Crippen LogP contribution in [0.25, 0.3) is 10.2 Å². The molecule has 0 saturated carbocycles. The minimum atomic E-state index is -3.64. The maximum atomic E-state index is 13.7. The second-order valence-electron chi connectivity index (χ2n) is 9.59. The Bertz CT molecular complexity index is 1490. The smallest absolute Gasteiger partial charge is 0.260 e. The predicted molar refractivity (Wildman–Crippen MR) is 144 cm³/mol. The molecule has 2 unspecified atom stereocenters. The van der Waals surface area contributed by atoms with Crippen molar-refractivity contribution < 1.29 is 22.4 Å². The van der Waals surface area contributed by atoms with Crippen LogP contribution in [0.4, 0.5) is 5.13 Å². The van der Waals surface area contributed by atoms with Crippen molar-refractivity contribution in [1.82, 2.24) is 9.29 Å². The molecule has 0 radical (unpaired) electrons. The van der Waals surface area contributed by atoms with Gasteiger partial charge in [-0.1, -0.05) is 25.2 Å². The Morgan fingerprint density at radius 2 is 1.86 bits per heavy atom. The summed E-state index contributed by atoms with van der Waals surface area (Å²) in [5.74, 6) is 1.61. The van der Waals surface area contributed by atoms with E-state index in [0.717, 1.165) is 16.6 Å². The Labute approximate surface area is 220 Å². The number of amides is 1. The highest BCUT2D eigenvalue weighted by Crippen LogP contribution is 2.33. The molecule has 0 N–H and O–H groups in total. The van der Waals surface area contributed by atoms with Crippen LogP contribution in [0.1, 0.15) is 36.4 Å². The summed E-state index contributed by atoms with van der Waals surface area (Å²) in [4.78, 5) is 20.1. The number of benzene rings is 2. The summed E-state index contributed by atoms with van der Waals surface area (Å²) in [6.45, 7) is 5.35. The predicted octanol–water partition coefficient (Wildman–Crippen LogP) is 5.41. The molecule has 8 nitrogen and oxygen atoms in total. The van der Waals surface area contributed by atoms with Crippen molar-refractivity contribution in [2.75, 3.05) is 25.1 Å². The lowest BCUT2D eigenvalue weighted by Gasteiger charge is -2.34. The Balaban J connectivity index is 1.44. The maximum Gasteiger partial charge on any atom is 0.260 e. The molecule has 1 amide bonds. The lowest BCUT2D eigenvalue weighted by atomic mass is 9.94. The number of piperidine rings is 1. The van der Waals surface area contributed by atoms with Gasteiger partial charge in [-0.25, -0.2) is 13.4 Å². The van der Waals surface area contributed by atoms with Crippen LogP contribution in [0.5, 0.6) is 5.75 Å². The first-order chi connectivity index (χ1) is 17.7. The average molecular weight is 540 g/mol. The minimum Gasteiger partial charge on any atom is -0.497 e. The van der Waals surface area contributed by atoms with Crippen LogP contribution in [0.2, 0.25) is 0 Å². The number of sulfonamides is 1. The van der Waals surface area contributed by atoms with E-state index in [1.165, 1.54) is 23.5 Å². The number of nitrogens with zero attached hydrogens (tertiary/aromatic N) is 3. The number of carbonyl (C=O) groups excluding carboxylic acids is 1. The molecular formula is C27H29N3O5S2. The second-order valence-corrected chi connectivity index (χ2v) is 12.5. The van der Waals surface area contributed by atoms with E-state index >= 15 is 0 Å². The maximum absolute atomic E-state index is 13.7. The van der Waals surface area contributed by atoms with Crippen LogP contribution in [0.15, 0.2) is 70.2 Å². The Hall–Kier alpha value is -3.21. The summed E-state index contributed by atoms with van der Waals surface area (Å²) in [6, 6.07) is 15.3. The molecule has 0 spiro atoms. The average Bonchev–Trinajstić information content (AvgIpc) is 3.55.